The molecule has 1 aromatic rings. The molecule has 4 heteroatoms. The number of carbonyl (C=O) groups excluding carboxylic acids is 1. The Hall–Kier alpha value is -0.540. The molecule has 0 aromatic carbocycles. The van der Waals surface area contributed by atoms with Crippen LogP contribution >= 0.6 is 22.9 Å². The second kappa shape index (κ2) is 4.54. The van der Waals surface area contributed by atoms with Crippen LogP contribution < -0.4 is 0 Å². The van der Waals surface area contributed by atoms with Gasteiger partial charge in [-0.2, -0.15) is 0 Å². The summed E-state index contributed by atoms with van der Waals surface area (Å²) in [6.07, 6.45) is 1.04. The lowest BCUT2D eigenvalue weighted by molar-refractivity contribution is 0.0792. The number of carbonyl (C=O) groups is 1. The molecule has 82 valence electrons. The third-order valence-electron chi connectivity index (χ3n) is 2.85. The van der Waals surface area contributed by atoms with Crippen LogP contribution in [0.2, 0.25) is 0 Å². The Morgan fingerprint density at radius 1 is 1.73 bits per heavy atom. The van der Waals surface area contributed by atoms with Gasteiger partial charge in [0.15, 0.2) is 0 Å². The lowest BCUT2D eigenvalue weighted by Gasteiger charge is -2.15. The number of thiophene rings is 1. The molecule has 2 rings (SSSR count). The van der Waals surface area contributed by atoms with Gasteiger partial charge in [-0.05, 0) is 36.3 Å². The van der Waals surface area contributed by atoms with E-state index in [0.29, 0.717) is 11.8 Å². The third-order valence-corrected chi connectivity index (χ3v) is 4.29. The number of alkyl halides is 1. The largest absolute Gasteiger partial charge is 0.338 e. The minimum Gasteiger partial charge on any atom is -0.338 e. The van der Waals surface area contributed by atoms with Gasteiger partial charge in [-0.25, -0.2) is 0 Å². The average molecular weight is 244 g/mol. The van der Waals surface area contributed by atoms with E-state index in [1.807, 2.05) is 23.3 Å². The van der Waals surface area contributed by atoms with Gasteiger partial charge in [0.1, 0.15) is 0 Å². The Balaban J connectivity index is 2.07. The van der Waals surface area contributed by atoms with E-state index >= 15 is 0 Å². The summed E-state index contributed by atoms with van der Waals surface area (Å²) in [4.78, 5) is 14.9. The van der Waals surface area contributed by atoms with Crippen molar-refractivity contribution in [2.24, 2.45) is 5.92 Å². The van der Waals surface area contributed by atoms with Crippen LogP contribution in [0.4, 0.5) is 0 Å². The van der Waals surface area contributed by atoms with Crippen LogP contribution in [0.3, 0.4) is 0 Å². The van der Waals surface area contributed by atoms with E-state index in [9.17, 15) is 4.79 Å². The summed E-state index contributed by atoms with van der Waals surface area (Å²) in [6.45, 7) is 3.66. The van der Waals surface area contributed by atoms with E-state index in [4.69, 9.17) is 11.6 Å². The Morgan fingerprint density at radius 2 is 2.53 bits per heavy atom. The molecule has 1 aliphatic rings. The maximum absolute atomic E-state index is 12.1. The number of likely N-dealkylation sites (tertiary alicyclic amines) is 1. The summed E-state index contributed by atoms with van der Waals surface area (Å²) in [6, 6.07) is 1.99. The molecule has 2 heterocycles. The number of hydrogen-bond donors (Lipinski definition) is 0. The lowest BCUT2D eigenvalue weighted by atomic mass is 10.2. The Labute approximate surface area is 98.8 Å². The minimum absolute atomic E-state index is 0.176. The van der Waals surface area contributed by atoms with Gasteiger partial charge in [0.05, 0.1) is 4.88 Å². The van der Waals surface area contributed by atoms with Crippen LogP contribution in [0, 0.1) is 12.8 Å². The molecule has 0 radical (unpaired) electrons. The van der Waals surface area contributed by atoms with Crippen LogP contribution in [-0.2, 0) is 0 Å². The number of halogens is 1. The first-order chi connectivity index (χ1) is 7.22. The Bertz CT molecular complexity index is 363. The maximum atomic E-state index is 12.1. The molecular formula is C11H14ClNOS. The van der Waals surface area contributed by atoms with Crippen LogP contribution in [0.1, 0.15) is 21.7 Å². The lowest BCUT2D eigenvalue weighted by Crippen LogP contribution is -2.28. The summed E-state index contributed by atoms with van der Waals surface area (Å²) in [5.41, 5.74) is 1.08. The molecule has 0 aliphatic carbocycles. The van der Waals surface area contributed by atoms with E-state index in [1.54, 1.807) is 0 Å². The normalized spacial score (nSPS) is 20.9. The summed E-state index contributed by atoms with van der Waals surface area (Å²) in [7, 11) is 0. The highest BCUT2D eigenvalue weighted by Crippen LogP contribution is 2.23. The second-order valence-corrected chi connectivity index (χ2v) is 5.22. The van der Waals surface area contributed by atoms with Crippen molar-refractivity contribution in [3.05, 3.63) is 21.9 Å². The fourth-order valence-electron chi connectivity index (χ4n) is 1.88. The zero-order valence-electron chi connectivity index (χ0n) is 8.70. The third kappa shape index (κ3) is 2.18. The van der Waals surface area contributed by atoms with Crippen molar-refractivity contribution in [3.8, 4) is 0 Å². The molecular weight excluding hydrogens is 230 g/mol. The Morgan fingerprint density at radius 3 is 3.07 bits per heavy atom. The zero-order chi connectivity index (χ0) is 10.8. The molecule has 1 aromatic heterocycles. The van der Waals surface area contributed by atoms with Gasteiger partial charge in [0.2, 0.25) is 0 Å². The van der Waals surface area contributed by atoms with Gasteiger partial charge in [0.25, 0.3) is 5.91 Å². The number of hydrogen-bond acceptors (Lipinski definition) is 2. The summed E-state index contributed by atoms with van der Waals surface area (Å²) in [5, 5.41) is 1.97. The number of amides is 1. The number of aryl methyl sites for hydroxylation is 1. The molecule has 2 nitrogen and oxygen atoms in total. The summed E-state index contributed by atoms with van der Waals surface area (Å²) >= 11 is 7.33. The van der Waals surface area contributed by atoms with Crippen molar-refractivity contribution in [1.29, 1.82) is 0 Å². The van der Waals surface area contributed by atoms with Gasteiger partial charge >= 0.3 is 0 Å². The molecule has 1 atom stereocenters. The van der Waals surface area contributed by atoms with Crippen LogP contribution in [0.15, 0.2) is 11.4 Å². The van der Waals surface area contributed by atoms with E-state index in [2.05, 4.69) is 0 Å². The van der Waals surface area contributed by atoms with Gasteiger partial charge in [-0.1, -0.05) is 0 Å². The molecule has 0 spiro atoms. The highest BCUT2D eigenvalue weighted by atomic mass is 35.5. The molecule has 1 unspecified atom stereocenters. The minimum atomic E-state index is 0.176. The molecule has 1 amide bonds. The molecule has 1 fully saturated rings. The van der Waals surface area contributed by atoms with Crippen LogP contribution in [0.5, 0.6) is 0 Å². The van der Waals surface area contributed by atoms with E-state index in [1.165, 1.54) is 11.3 Å². The van der Waals surface area contributed by atoms with Gasteiger partial charge in [-0.15, -0.1) is 22.9 Å². The number of rotatable bonds is 2. The molecule has 1 aliphatic heterocycles. The first kappa shape index (κ1) is 11.0. The monoisotopic (exact) mass is 243 g/mol. The average Bonchev–Trinajstić information content (AvgIpc) is 2.84. The zero-order valence-corrected chi connectivity index (χ0v) is 10.3. The van der Waals surface area contributed by atoms with Gasteiger partial charge < -0.3 is 4.90 Å². The topological polar surface area (TPSA) is 20.3 Å². The van der Waals surface area contributed by atoms with E-state index in [-0.39, 0.29) is 5.91 Å². The Kier molecular flexibility index (Phi) is 3.32. The van der Waals surface area contributed by atoms with Crippen LogP contribution in [0.25, 0.3) is 0 Å². The van der Waals surface area contributed by atoms with Crippen molar-refractivity contribution >= 4 is 28.8 Å². The summed E-state index contributed by atoms with van der Waals surface area (Å²) in [5.74, 6) is 1.32. The first-order valence-electron chi connectivity index (χ1n) is 5.11. The predicted molar refractivity (Wildman–Crippen MR) is 63.8 cm³/mol. The van der Waals surface area contributed by atoms with Crippen molar-refractivity contribution < 1.29 is 4.79 Å². The van der Waals surface area contributed by atoms with Gasteiger partial charge in [-0.3, -0.25) is 4.79 Å². The second-order valence-electron chi connectivity index (χ2n) is 3.99. The fraction of sp³-hybridized carbons (Fsp3) is 0.545. The SMILES string of the molecule is Cc1ccsc1C(=O)N1CCC(CCl)C1. The van der Waals surface area contributed by atoms with E-state index in [0.717, 1.165) is 30.0 Å². The van der Waals surface area contributed by atoms with Crippen molar-refractivity contribution in [2.45, 2.75) is 13.3 Å². The van der Waals surface area contributed by atoms with Crippen LogP contribution in [-0.4, -0.2) is 29.8 Å². The molecule has 0 bridgehead atoms. The van der Waals surface area contributed by atoms with Gasteiger partial charge in [0, 0.05) is 19.0 Å². The van der Waals surface area contributed by atoms with Crippen molar-refractivity contribution in [1.82, 2.24) is 4.90 Å². The quantitative estimate of drug-likeness (QED) is 0.732. The smallest absolute Gasteiger partial charge is 0.264 e. The molecule has 0 saturated carbocycles. The highest BCUT2D eigenvalue weighted by Gasteiger charge is 2.27. The first-order valence-corrected chi connectivity index (χ1v) is 6.53. The summed E-state index contributed by atoms with van der Waals surface area (Å²) < 4.78 is 0. The van der Waals surface area contributed by atoms with E-state index < -0.39 is 0 Å². The van der Waals surface area contributed by atoms with Crippen molar-refractivity contribution in [3.63, 3.8) is 0 Å². The molecule has 1 saturated heterocycles. The maximum Gasteiger partial charge on any atom is 0.264 e. The highest BCUT2D eigenvalue weighted by molar-refractivity contribution is 7.12. The van der Waals surface area contributed by atoms with Crippen molar-refractivity contribution in [2.75, 3.05) is 19.0 Å². The molecule has 0 N–H and O–H groups in total. The predicted octanol–water partition coefficient (Wildman–Crippen LogP) is 2.76. The number of nitrogens with zero attached hydrogens (tertiary/aromatic N) is 1. The fourth-order valence-corrected chi connectivity index (χ4v) is 3.02. The standard InChI is InChI=1S/C11H14ClNOS/c1-8-3-5-15-10(8)11(14)13-4-2-9(6-12)7-13/h3,5,9H,2,4,6-7H2,1H3. The molecule has 15 heavy (non-hydrogen) atoms.